The van der Waals surface area contributed by atoms with E-state index < -0.39 is 75.8 Å². The van der Waals surface area contributed by atoms with Crippen LogP contribution < -0.4 is 34.5 Å². The maximum atomic E-state index is 13.4. The summed E-state index contributed by atoms with van der Waals surface area (Å²) in [5.41, 5.74) is 10.7. The Labute approximate surface area is 760 Å². The van der Waals surface area contributed by atoms with Crippen LogP contribution in [0.15, 0.2) is 162 Å². The third-order valence-corrected chi connectivity index (χ3v) is 23.2. The number of nitro benzene ring substituents is 3. The van der Waals surface area contributed by atoms with Crippen molar-refractivity contribution in [1.29, 1.82) is 0 Å². The topological polar surface area (TPSA) is 332 Å². The SMILES string of the molecule is CO.COc1ccc([N+](=O)[O-])cc1C1=C(C=O)CC(C)(C)CC1.COc1ccc([N+](=O)[O-])cc1C1=C(CN2C(=O)O[C@H](c3cc(C)cc(C(F)(F)F)c3)[C@@H]2C)CC(C)(C)CC1.COc1ccc([N+](=O)[O-])cc1C1=C(CN[C@@H](C)[C@H](O)c2cc(C)cc(C(F)(F)F)c2)CC(C)(C)CC1.COc1ccccc1B(O)O.COc1ccccc1C1=C(C=O)CC(C)(C)CC1.ClCCl. The van der Waals surface area contributed by atoms with Crippen LogP contribution in [-0.4, -0.2) is 139 Å². The predicted octanol–water partition coefficient (Wildman–Crippen LogP) is 22.1. The van der Waals surface area contributed by atoms with Gasteiger partial charge >= 0.3 is 25.6 Å². The summed E-state index contributed by atoms with van der Waals surface area (Å²) < 4.78 is 112. The maximum Gasteiger partial charge on any atom is 0.492 e. The Hall–Kier alpha value is -10.7. The molecule has 1 aliphatic heterocycles. The van der Waals surface area contributed by atoms with E-state index >= 15 is 0 Å². The van der Waals surface area contributed by atoms with E-state index in [9.17, 15) is 76.2 Å². The molecule has 7 aromatic carbocycles. The Kier molecular flexibility index (Phi) is 39.2. The second-order valence-corrected chi connectivity index (χ2v) is 36.0. The van der Waals surface area contributed by atoms with E-state index in [0.29, 0.717) is 99.6 Å². The van der Waals surface area contributed by atoms with E-state index in [2.05, 4.69) is 60.7 Å². The van der Waals surface area contributed by atoms with Gasteiger partial charge in [0.15, 0.2) is 0 Å². The predicted molar refractivity (Wildman–Crippen MR) is 490 cm³/mol. The highest BCUT2D eigenvalue weighted by atomic mass is 35.5. The fraction of sp³-hybridized carbons (Fsp3) is 0.448. The Morgan fingerprint density at radius 1 is 0.535 bits per heavy atom. The van der Waals surface area contributed by atoms with Crippen molar-refractivity contribution in [2.24, 2.45) is 21.7 Å². The molecule has 129 heavy (non-hydrogen) atoms. The normalized spacial score (nSPS) is 17.7. The maximum absolute atomic E-state index is 13.4. The first kappa shape index (κ1) is 107. The van der Waals surface area contributed by atoms with Gasteiger partial charge < -0.3 is 54.0 Å². The highest BCUT2D eigenvalue weighted by Crippen LogP contribution is 2.51. The van der Waals surface area contributed by atoms with Crippen molar-refractivity contribution in [2.45, 2.75) is 197 Å². The number of ether oxygens (including phenoxy) is 6. The molecule has 1 saturated heterocycles. The number of halogens is 8. The third kappa shape index (κ3) is 29.7. The average Bonchev–Trinajstić information content (AvgIpc) is 1.69. The van der Waals surface area contributed by atoms with Crippen LogP contribution in [0.2, 0.25) is 0 Å². The molecule has 1 fully saturated rings. The van der Waals surface area contributed by atoms with Gasteiger partial charge in [0.25, 0.3) is 17.1 Å². The average molecular weight is 1840 g/mol. The van der Waals surface area contributed by atoms with Gasteiger partial charge in [-0.3, -0.25) is 44.8 Å². The number of nitro groups is 3. The van der Waals surface area contributed by atoms with Crippen LogP contribution in [0.25, 0.3) is 22.3 Å². The van der Waals surface area contributed by atoms with Gasteiger partial charge in [0.1, 0.15) is 47.4 Å². The molecule has 7 aromatic rings. The molecular formula is C96H118BCl2F6N5O19. The summed E-state index contributed by atoms with van der Waals surface area (Å²) in [7, 11) is 7.24. The number of nitrogens with one attached hydrogen (secondary N) is 1. The Morgan fingerprint density at radius 2 is 0.899 bits per heavy atom. The monoisotopic (exact) mass is 1840 g/mol. The molecule has 0 unspecified atom stereocenters. The van der Waals surface area contributed by atoms with Crippen LogP contribution in [0.5, 0.6) is 28.7 Å². The summed E-state index contributed by atoms with van der Waals surface area (Å²) in [4.78, 5) is 69.8. The van der Waals surface area contributed by atoms with Crippen molar-refractivity contribution < 1.29 is 104 Å². The van der Waals surface area contributed by atoms with Crippen molar-refractivity contribution in [3.63, 3.8) is 0 Å². The number of para-hydroxylation sites is 2. The van der Waals surface area contributed by atoms with E-state index in [1.54, 1.807) is 89.4 Å². The Balaban J connectivity index is 0.000000259. The van der Waals surface area contributed by atoms with Gasteiger partial charge in [-0.05, 0) is 231 Å². The molecule has 5 N–H and O–H groups in total. The van der Waals surface area contributed by atoms with Crippen LogP contribution in [0.1, 0.15) is 214 Å². The third-order valence-electron chi connectivity index (χ3n) is 23.2. The van der Waals surface area contributed by atoms with Gasteiger partial charge in [-0.15, -0.1) is 23.2 Å². The summed E-state index contributed by atoms with van der Waals surface area (Å²) >= 11 is 9.53. The van der Waals surface area contributed by atoms with Gasteiger partial charge in [0.05, 0.1) is 78.9 Å². The number of aryl methyl sites for hydroxylation is 2. The minimum atomic E-state index is -4.52. The number of cyclic esters (lactones) is 1. The molecule has 0 aromatic heterocycles. The van der Waals surface area contributed by atoms with Gasteiger partial charge in [-0.25, -0.2) is 4.79 Å². The molecule has 12 rings (SSSR count). The lowest BCUT2D eigenvalue weighted by Crippen LogP contribution is -2.35. The highest BCUT2D eigenvalue weighted by Gasteiger charge is 2.44. The van der Waals surface area contributed by atoms with Gasteiger partial charge in [0.2, 0.25) is 0 Å². The number of alkyl halides is 8. The van der Waals surface area contributed by atoms with Crippen molar-refractivity contribution in [2.75, 3.05) is 61.1 Å². The molecule has 4 aliphatic carbocycles. The molecule has 4 atom stereocenters. The number of aliphatic hydroxyl groups is 2. The number of nitrogens with zero attached hydrogens (tertiary/aromatic N) is 4. The molecule has 0 saturated carbocycles. The number of allylic oxidation sites excluding steroid dienone is 6. The molecule has 0 radical (unpaired) electrons. The summed E-state index contributed by atoms with van der Waals surface area (Å²) in [5, 5.41) is 72.8. The van der Waals surface area contributed by atoms with Crippen molar-refractivity contribution in [3.8, 4) is 28.7 Å². The summed E-state index contributed by atoms with van der Waals surface area (Å²) in [6.07, 6.45) is -0.0950. The lowest BCUT2D eigenvalue weighted by Gasteiger charge is -2.35. The molecule has 0 spiro atoms. The first-order valence-corrected chi connectivity index (χ1v) is 42.8. The quantitative estimate of drug-likeness (QED) is 0.00992. The minimum Gasteiger partial charge on any atom is -0.497 e. The number of hydrogen-bond acceptors (Lipinski definition) is 20. The Bertz CT molecular complexity index is 5220. The fourth-order valence-electron chi connectivity index (χ4n) is 16.6. The molecule has 1 amide bonds. The number of rotatable bonds is 23. The second-order valence-electron chi connectivity index (χ2n) is 35.2. The second kappa shape index (κ2) is 47.2. The van der Waals surface area contributed by atoms with Crippen LogP contribution in [0.3, 0.4) is 0 Å². The van der Waals surface area contributed by atoms with Crippen molar-refractivity contribution in [1.82, 2.24) is 10.2 Å². The number of non-ortho nitro benzene ring substituents is 3. The largest absolute Gasteiger partial charge is 0.497 e. The van der Waals surface area contributed by atoms with Gasteiger partial charge in [-0.1, -0.05) is 121 Å². The number of methoxy groups -OCH3 is 5. The Morgan fingerprint density at radius 3 is 1.31 bits per heavy atom. The van der Waals surface area contributed by atoms with Crippen molar-refractivity contribution >= 4 is 93.8 Å². The summed E-state index contributed by atoms with van der Waals surface area (Å²) in [6.45, 7) is 24.4. The minimum absolute atomic E-state index is 0.00776. The first-order chi connectivity index (χ1) is 60.5. The van der Waals surface area contributed by atoms with Crippen LogP contribution in [0, 0.1) is 65.9 Å². The van der Waals surface area contributed by atoms with Gasteiger partial charge in [0, 0.05) is 90.4 Å². The molecule has 24 nitrogen and oxygen atoms in total. The van der Waals surface area contributed by atoms with Crippen LogP contribution in [0.4, 0.5) is 48.2 Å². The molecular weight excluding hydrogens is 1720 g/mol. The number of hydrogen-bond donors (Lipinski definition) is 5. The molecule has 700 valence electrons. The molecule has 0 bridgehead atoms. The van der Waals surface area contributed by atoms with Crippen LogP contribution in [-0.2, 0) is 26.7 Å². The van der Waals surface area contributed by atoms with Gasteiger partial charge in [-0.2, -0.15) is 26.3 Å². The van der Waals surface area contributed by atoms with E-state index in [1.165, 1.54) is 69.7 Å². The highest BCUT2D eigenvalue weighted by molar-refractivity contribution is 6.59. The zero-order chi connectivity index (χ0) is 96.6. The number of aliphatic hydroxyl groups excluding tert-OH is 2. The smallest absolute Gasteiger partial charge is 0.492 e. The van der Waals surface area contributed by atoms with E-state index in [0.717, 1.165) is 146 Å². The van der Waals surface area contributed by atoms with E-state index in [1.807, 2.05) is 24.3 Å². The lowest BCUT2D eigenvalue weighted by molar-refractivity contribution is -0.385. The molecule has 33 heteroatoms. The van der Waals surface area contributed by atoms with E-state index in [-0.39, 0.29) is 56.2 Å². The molecule has 5 aliphatic rings. The lowest BCUT2D eigenvalue weighted by atomic mass is 9.72. The number of amides is 1. The van der Waals surface area contributed by atoms with Crippen LogP contribution >= 0.6 is 23.2 Å². The van der Waals surface area contributed by atoms with E-state index in [4.69, 9.17) is 66.8 Å². The summed E-state index contributed by atoms with van der Waals surface area (Å²) in [5.74, 6) is 2.95. The number of carbonyl (C=O) groups is 3. The number of benzene rings is 7. The standard InChI is InChI=1S/C28H31F3N2O5.C27H33F3N2O4.C16H19NO4.C16H20O2.C7H9BO3.CH2Cl2.CH4O/c1-16-10-18(12-20(11-16)28(29,30)31)25-17(2)32(26(34)38-25)15-19-14-27(3,4)9-8-22(19)23-13-21(33(35)36)6-7-24(23)37-5;1-16-10-18(12-20(11-16)27(28,29)30)25(33)17(2)31-15-19-14-26(3,4)9-8-22(19)23-13-21(32(34)35)6-7-24(23)36-5;1-16(2)7-6-13(11(9-16)10-18)14-8-12(17(19)20)4-5-15(14)21-3;1-16(2)9-8-13(12(10-16)11-17)14-6-4-5-7-15(14)18-3;1-11-7-5-3-2-4-6(7)8(9)10;2-1-3;1-2/h6-7,10-13,17,25H,8-9,14-15H2,1-5H3;6-7,10-13,17,25,31,33H,8-9,14-15H2,1-5H3;4-5,8,10H,6-7,9H2,1-3H3;4-7,11H,8-10H2,1-3H3;2-5,9-10H,1H3;1H2;2H,1H3/t2*17-,25-;;;;;/m00...../s1. The zero-order valence-electron chi connectivity index (χ0n) is 76.2. The fourth-order valence-corrected chi connectivity index (χ4v) is 16.6. The van der Waals surface area contributed by atoms with Crippen molar-refractivity contribution in [3.05, 3.63) is 248 Å². The zero-order valence-corrected chi connectivity index (χ0v) is 77.7. The number of aldehydes is 2. The first-order valence-electron chi connectivity index (χ1n) is 41.7. The summed E-state index contributed by atoms with van der Waals surface area (Å²) in [6, 6.07) is 34.4. The number of carbonyl (C=O) groups excluding carboxylic acids is 3. The molecule has 1 heterocycles.